The van der Waals surface area contributed by atoms with Crippen molar-refractivity contribution >= 4 is 5.91 Å². The monoisotopic (exact) mass is 386 g/mol. The Hall–Kier alpha value is -2.41. The van der Waals surface area contributed by atoms with Gasteiger partial charge in [0.15, 0.2) is 0 Å². The molecule has 28 heavy (non-hydrogen) atoms. The summed E-state index contributed by atoms with van der Waals surface area (Å²) in [6, 6.07) is 7.72. The first-order valence-corrected chi connectivity index (χ1v) is 10.1. The zero-order valence-corrected chi connectivity index (χ0v) is 17.0. The molecule has 1 unspecified atom stereocenters. The van der Waals surface area contributed by atoms with E-state index in [1.165, 1.54) is 4.68 Å². The number of unbranched alkanes of at least 4 members (excludes halogenated alkanes) is 1. The molecule has 1 aromatic heterocycles. The molecule has 7 heteroatoms. The van der Waals surface area contributed by atoms with Crippen molar-refractivity contribution in [2.75, 3.05) is 13.1 Å². The fraction of sp³-hybridized carbons (Fsp3) is 0.571. The van der Waals surface area contributed by atoms with Gasteiger partial charge in [-0.15, -0.1) is 0 Å². The maximum absolute atomic E-state index is 12.8. The van der Waals surface area contributed by atoms with Crippen LogP contribution in [0.15, 0.2) is 29.1 Å². The lowest BCUT2D eigenvalue weighted by molar-refractivity contribution is -0.132. The van der Waals surface area contributed by atoms with Crippen LogP contribution in [0.1, 0.15) is 50.1 Å². The van der Waals surface area contributed by atoms with Crippen LogP contribution in [-0.4, -0.2) is 43.4 Å². The van der Waals surface area contributed by atoms with Crippen molar-refractivity contribution in [1.29, 1.82) is 0 Å². The van der Waals surface area contributed by atoms with Crippen molar-refractivity contribution < 1.29 is 9.90 Å². The van der Waals surface area contributed by atoms with Gasteiger partial charge < -0.3 is 10.0 Å². The zero-order chi connectivity index (χ0) is 20.3. The summed E-state index contributed by atoms with van der Waals surface area (Å²) in [4.78, 5) is 27.0. The van der Waals surface area contributed by atoms with E-state index < -0.39 is 5.60 Å². The van der Waals surface area contributed by atoms with Gasteiger partial charge in [-0.05, 0) is 37.8 Å². The lowest BCUT2D eigenvalue weighted by Crippen LogP contribution is -2.38. The van der Waals surface area contributed by atoms with E-state index in [1.807, 2.05) is 38.1 Å². The highest BCUT2D eigenvalue weighted by Crippen LogP contribution is 2.33. The van der Waals surface area contributed by atoms with Gasteiger partial charge in [-0.2, -0.15) is 5.10 Å². The number of aryl methyl sites for hydroxylation is 2. The molecule has 0 saturated carbocycles. The second kappa shape index (κ2) is 8.31. The minimum Gasteiger partial charge on any atom is -0.383 e. The first kappa shape index (κ1) is 20.3. The van der Waals surface area contributed by atoms with Crippen LogP contribution >= 0.6 is 0 Å². The van der Waals surface area contributed by atoms with Gasteiger partial charge in [0.25, 0.3) is 0 Å². The van der Waals surface area contributed by atoms with Crippen LogP contribution in [-0.2, 0) is 29.9 Å². The minimum atomic E-state index is -1.04. The first-order valence-electron chi connectivity index (χ1n) is 10.1. The Morgan fingerprint density at radius 2 is 2.04 bits per heavy atom. The summed E-state index contributed by atoms with van der Waals surface area (Å²) >= 11 is 0. The van der Waals surface area contributed by atoms with E-state index in [4.69, 9.17) is 0 Å². The smallest absolute Gasteiger partial charge is 0.346 e. The number of carbonyl (C=O) groups excluding carboxylic acids is 1. The fourth-order valence-corrected chi connectivity index (χ4v) is 3.98. The molecule has 0 radical (unpaired) electrons. The molecule has 1 atom stereocenters. The number of hydrogen-bond acceptors (Lipinski definition) is 4. The second-order valence-electron chi connectivity index (χ2n) is 7.62. The Labute approximate surface area is 165 Å². The summed E-state index contributed by atoms with van der Waals surface area (Å²) in [5.74, 6) is 0.550. The van der Waals surface area contributed by atoms with Crippen molar-refractivity contribution in [2.24, 2.45) is 0 Å². The molecule has 1 fully saturated rings. The average Bonchev–Trinajstić information content (AvgIpc) is 3.21. The Balaban J connectivity index is 1.73. The average molecular weight is 386 g/mol. The van der Waals surface area contributed by atoms with E-state index in [0.717, 1.165) is 36.2 Å². The molecule has 3 rings (SSSR count). The molecular formula is C21H30N4O3. The topological polar surface area (TPSA) is 80.4 Å². The summed E-state index contributed by atoms with van der Waals surface area (Å²) in [7, 11) is 0. The molecule has 152 valence electrons. The number of likely N-dealkylation sites (tertiary alicyclic amines) is 1. The van der Waals surface area contributed by atoms with Crippen molar-refractivity contribution in [1.82, 2.24) is 19.2 Å². The van der Waals surface area contributed by atoms with Crippen LogP contribution in [0, 0.1) is 6.92 Å². The standard InChI is InChI=1S/C21H30N4O3/c1-4-6-11-18-22-25(20(27)24(18)5-2)14-19(26)23-13-12-21(28,15-23)17-10-8-7-9-16(17)3/h7-10,28H,4-6,11-15H2,1-3H3. The van der Waals surface area contributed by atoms with Gasteiger partial charge in [0, 0.05) is 19.5 Å². The lowest BCUT2D eigenvalue weighted by atomic mass is 9.89. The maximum Gasteiger partial charge on any atom is 0.346 e. The molecule has 1 aromatic carbocycles. The van der Waals surface area contributed by atoms with Crippen molar-refractivity contribution in [3.8, 4) is 0 Å². The molecule has 1 N–H and O–H groups in total. The highest BCUT2D eigenvalue weighted by Gasteiger charge is 2.40. The van der Waals surface area contributed by atoms with Crippen LogP contribution in [0.4, 0.5) is 0 Å². The Bertz CT molecular complexity index is 901. The predicted molar refractivity (Wildman–Crippen MR) is 107 cm³/mol. The minimum absolute atomic E-state index is 0.0885. The van der Waals surface area contributed by atoms with E-state index in [2.05, 4.69) is 12.0 Å². The SMILES string of the molecule is CCCCc1nn(CC(=O)N2CCC(O)(c3ccccc3C)C2)c(=O)n1CC. The number of amides is 1. The lowest BCUT2D eigenvalue weighted by Gasteiger charge is -2.25. The number of benzene rings is 1. The van der Waals surface area contributed by atoms with Gasteiger partial charge in [0.05, 0.1) is 6.54 Å². The highest BCUT2D eigenvalue weighted by atomic mass is 16.3. The molecular weight excluding hydrogens is 356 g/mol. The summed E-state index contributed by atoms with van der Waals surface area (Å²) in [5, 5.41) is 15.5. The number of β-amino-alcohol motifs (C(OH)–C–C–N with tert-alkyl or cyclic N) is 1. The molecule has 7 nitrogen and oxygen atoms in total. The molecule has 2 aromatic rings. The molecule has 1 aliphatic rings. The third-order valence-electron chi connectivity index (χ3n) is 5.60. The van der Waals surface area contributed by atoms with E-state index in [0.29, 0.717) is 19.5 Å². The van der Waals surface area contributed by atoms with Gasteiger partial charge in [-0.25, -0.2) is 9.48 Å². The molecule has 1 amide bonds. The van der Waals surface area contributed by atoms with Crippen LogP contribution in [0.5, 0.6) is 0 Å². The van der Waals surface area contributed by atoms with E-state index in [9.17, 15) is 14.7 Å². The quantitative estimate of drug-likeness (QED) is 0.787. The number of nitrogens with zero attached hydrogens (tertiary/aromatic N) is 4. The Morgan fingerprint density at radius 1 is 1.29 bits per heavy atom. The number of rotatable bonds is 7. The summed E-state index contributed by atoms with van der Waals surface area (Å²) < 4.78 is 2.90. The van der Waals surface area contributed by atoms with Gasteiger partial charge >= 0.3 is 5.69 Å². The van der Waals surface area contributed by atoms with E-state index in [1.54, 1.807) is 9.47 Å². The molecule has 1 aliphatic heterocycles. The number of aliphatic hydroxyl groups is 1. The van der Waals surface area contributed by atoms with Crippen LogP contribution in [0.2, 0.25) is 0 Å². The predicted octanol–water partition coefficient (Wildman–Crippen LogP) is 1.84. The normalized spacial score (nSPS) is 19.4. The Morgan fingerprint density at radius 3 is 2.71 bits per heavy atom. The molecule has 0 bridgehead atoms. The number of carbonyl (C=O) groups is 1. The summed E-state index contributed by atoms with van der Waals surface area (Å²) in [5.41, 5.74) is 0.591. The third kappa shape index (κ3) is 3.90. The van der Waals surface area contributed by atoms with Gasteiger partial charge in [0.1, 0.15) is 18.0 Å². The molecule has 0 spiro atoms. The van der Waals surface area contributed by atoms with E-state index >= 15 is 0 Å². The summed E-state index contributed by atoms with van der Waals surface area (Å²) in [6.45, 7) is 7.13. The first-order chi connectivity index (χ1) is 13.4. The number of hydrogen-bond donors (Lipinski definition) is 1. The van der Waals surface area contributed by atoms with Crippen LogP contribution in [0.3, 0.4) is 0 Å². The second-order valence-corrected chi connectivity index (χ2v) is 7.62. The molecule has 2 heterocycles. The van der Waals surface area contributed by atoms with Gasteiger partial charge in [-0.3, -0.25) is 9.36 Å². The van der Waals surface area contributed by atoms with Crippen LogP contribution in [0.25, 0.3) is 0 Å². The number of aromatic nitrogens is 3. The van der Waals surface area contributed by atoms with E-state index in [-0.39, 0.29) is 24.7 Å². The Kier molecular flexibility index (Phi) is 6.03. The van der Waals surface area contributed by atoms with Crippen molar-refractivity contribution in [3.05, 3.63) is 51.7 Å². The highest BCUT2D eigenvalue weighted by molar-refractivity contribution is 5.76. The zero-order valence-electron chi connectivity index (χ0n) is 17.0. The van der Waals surface area contributed by atoms with Gasteiger partial charge in [0.2, 0.25) is 5.91 Å². The summed E-state index contributed by atoms with van der Waals surface area (Å²) in [6.07, 6.45) is 3.20. The molecule has 1 saturated heterocycles. The fourth-order valence-electron chi connectivity index (χ4n) is 3.98. The third-order valence-corrected chi connectivity index (χ3v) is 5.60. The largest absolute Gasteiger partial charge is 0.383 e. The van der Waals surface area contributed by atoms with Crippen molar-refractivity contribution in [3.63, 3.8) is 0 Å². The van der Waals surface area contributed by atoms with Gasteiger partial charge in [-0.1, -0.05) is 37.6 Å². The van der Waals surface area contributed by atoms with Crippen LogP contribution < -0.4 is 5.69 Å². The molecule has 0 aliphatic carbocycles. The maximum atomic E-state index is 12.8. The van der Waals surface area contributed by atoms with Crippen molar-refractivity contribution in [2.45, 2.75) is 65.1 Å².